The Bertz CT molecular complexity index is 522. The first-order valence-corrected chi connectivity index (χ1v) is 6.82. The van der Waals surface area contributed by atoms with Crippen LogP contribution in [0.3, 0.4) is 0 Å². The number of hydrogen-bond acceptors (Lipinski definition) is 2. The topological polar surface area (TPSA) is 30.7 Å². The van der Waals surface area contributed by atoms with E-state index in [1.54, 1.807) is 0 Å². The van der Waals surface area contributed by atoms with Gasteiger partial charge in [-0.3, -0.25) is 0 Å². The number of fused-ring (bicyclic) bond motifs is 1. The maximum absolute atomic E-state index is 4.34. The minimum atomic E-state index is 0. The Labute approximate surface area is 121 Å². The lowest BCUT2D eigenvalue weighted by Crippen LogP contribution is -3.00. The van der Waals surface area contributed by atoms with E-state index in [4.69, 9.17) is 0 Å². The van der Waals surface area contributed by atoms with Crippen LogP contribution in [-0.2, 0) is 13.0 Å². The van der Waals surface area contributed by atoms with Gasteiger partial charge in [0.05, 0.1) is 0 Å². The van der Waals surface area contributed by atoms with Gasteiger partial charge in [0, 0.05) is 23.0 Å². The molecule has 5 heteroatoms. The van der Waals surface area contributed by atoms with Gasteiger partial charge in [0.25, 0.3) is 0 Å². The lowest BCUT2D eigenvalue weighted by molar-refractivity contribution is -0.00000346. The number of aromatic nitrogens is 3. The SMILES string of the molecule is Brc1ccc(-c2nnc3n2CCCCC3)cc1.[Cl-]. The van der Waals surface area contributed by atoms with Gasteiger partial charge in [0.2, 0.25) is 0 Å². The molecule has 0 aliphatic carbocycles. The fraction of sp³-hybridized carbons (Fsp3) is 0.385. The van der Waals surface area contributed by atoms with E-state index in [9.17, 15) is 0 Å². The summed E-state index contributed by atoms with van der Waals surface area (Å²) in [6, 6.07) is 8.28. The highest BCUT2D eigenvalue weighted by molar-refractivity contribution is 9.10. The summed E-state index contributed by atoms with van der Waals surface area (Å²) in [5, 5.41) is 8.65. The molecule has 3 rings (SSSR count). The number of hydrogen-bond donors (Lipinski definition) is 0. The van der Waals surface area contributed by atoms with E-state index in [0.29, 0.717) is 0 Å². The third kappa shape index (κ3) is 2.59. The Balaban J connectivity index is 0.00000120. The first-order valence-electron chi connectivity index (χ1n) is 6.02. The van der Waals surface area contributed by atoms with Crippen LogP contribution in [0.1, 0.15) is 25.1 Å². The highest BCUT2D eigenvalue weighted by Crippen LogP contribution is 2.23. The van der Waals surface area contributed by atoms with Crippen LogP contribution in [0.5, 0.6) is 0 Å². The van der Waals surface area contributed by atoms with Gasteiger partial charge < -0.3 is 17.0 Å². The summed E-state index contributed by atoms with van der Waals surface area (Å²) in [5.74, 6) is 2.15. The van der Waals surface area contributed by atoms with E-state index in [-0.39, 0.29) is 12.4 Å². The Kier molecular flexibility index (Phi) is 4.40. The molecule has 0 spiro atoms. The van der Waals surface area contributed by atoms with Crippen molar-refractivity contribution < 1.29 is 12.4 Å². The molecule has 0 saturated heterocycles. The lowest BCUT2D eigenvalue weighted by Gasteiger charge is -2.06. The Morgan fingerprint density at radius 3 is 2.56 bits per heavy atom. The van der Waals surface area contributed by atoms with Gasteiger partial charge in [0.15, 0.2) is 5.82 Å². The molecule has 3 nitrogen and oxygen atoms in total. The number of benzene rings is 1. The molecule has 0 atom stereocenters. The van der Waals surface area contributed by atoms with Gasteiger partial charge in [0.1, 0.15) is 5.82 Å². The van der Waals surface area contributed by atoms with Crippen molar-refractivity contribution in [3.8, 4) is 11.4 Å². The van der Waals surface area contributed by atoms with Gasteiger partial charge in [-0.05, 0) is 25.0 Å². The summed E-state index contributed by atoms with van der Waals surface area (Å²) in [6.07, 6.45) is 4.82. The maximum atomic E-state index is 4.34. The average Bonchev–Trinajstić information content (AvgIpc) is 2.60. The minimum absolute atomic E-state index is 0. The molecule has 1 aromatic heterocycles. The van der Waals surface area contributed by atoms with Gasteiger partial charge in [-0.15, -0.1) is 10.2 Å². The van der Waals surface area contributed by atoms with E-state index in [0.717, 1.165) is 34.7 Å². The van der Waals surface area contributed by atoms with E-state index in [1.165, 1.54) is 19.3 Å². The van der Waals surface area contributed by atoms with Crippen LogP contribution < -0.4 is 12.4 Å². The molecule has 1 aromatic carbocycles. The number of rotatable bonds is 1. The monoisotopic (exact) mass is 326 g/mol. The molecule has 2 aromatic rings. The Morgan fingerprint density at radius 2 is 1.78 bits per heavy atom. The summed E-state index contributed by atoms with van der Waals surface area (Å²) < 4.78 is 3.37. The summed E-state index contributed by atoms with van der Waals surface area (Å²) in [6.45, 7) is 1.05. The average molecular weight is 328 g/mol. The second kappa shape index (κ2) is 5.85. The summed E-state index contributed by atoms with van der Waals surface area (Å²) in [5.41, 5.74) is 1.15. The van der Waals surface area contributed by atoms with Crippen molar-refractivity contribution >= 4 is 15.9 Å². The zero-order valence-electron chi connectivity index (χ0n) is 9.94. The van der Waals surface area contributed by atoms with Gasteiger partial charge >= 0.3 is 0 Å². The largest absolute Gasteiger partial charge is 1.00 e. The second-order valence-corrected chi connectivity index (χ2v) is 5.32. The first-order chi connectivity index (χ1) is 8.34. The fourth-order valence-corrected chi connectivity index (χ4v) is 2.56. The second-order valence-electron chi connectivity index (χ2n) is 4.41. The van der Waals surface area contributed by atoms with Crippen LogP contribution in [-0.4, -0.2) is 14.8 Å². The number of aryl methyl sites for hydroxylation is 1. The Morgan fingerprint density at radius 1 is 1.00 bits per heavy atom. The summed E-state index contributed by atoms with van der Waals surface area (Å²) >= 11 is 3.45. The molecule has 2 heterocycles. The quantitative estimate of drug-likeness (QED) is 0.761. The zero-order chi connectivity index (χ0) is 11.7. The van der Waals surface area contributed by atoms with Crippen LogP contribution >= 0.6 is 15.9 Å². The van der Waals surface area contributed by atoms with Crippen LogP contribution in [0, 0.1) is 0 Å². The first kappa shape index (κ1) is 13.6. The molecule has 0 radical (unpaired) electrons. The highest BCUT2D eigenvalue weighted by Gasteiger charge is 2.15. The van der Waals surface area contributed by atoms with Crippen molar-refractivity contribution in [1.82, 2.24) is 14.8 Å². The van der Waals surface area contributed by atoms with E-state index in [1.807, 2.05) is 12.1 Å². The molecule has 1 aliphatic rings. The van der Waals surface area contributed by atoms with E-state index >= 15 is 0 Å². The molecule has 0 saturated carbocycles. The molecule has 96 valence electrons. The predicted molar refractivity (Wildman–Crippen MR) is 70.7 cm³/mol. The van der Waals surface area contributed by atoms with Gasteiger partial charge in [-0.25, -0.2) is 0 Å². The van der Waals surface area contributed by atoms with Crippen LogP contribution in [0.4, 0.5) is 0 Å². The third-order valence-corrected chi connectivity index (χ3v) is 3.74. The fourth-order valence-electron chi connectivity index (χ4n) is 2.30. The number of halogens is 2. The van der Waals surface area contributed by atoms with Gasteiger partial charge in [-0.2, -0.15) is 0 Å². The minimum Gasteiger partial charge on any atom is -1.00 e. The van der Waals surface area contributed by atoms with Crippen molar-refractivity contribution in [3.05, 3.63) is 34.6 Å². The molecular weight excluding hydrogens is 314 g/mol. The van der Waals surface area contributed by atoms with E-state index in [2.05, 4.69) is 42.8 Å². The van der Waals surface area contributed by atoms with Crippen molar-refractivity contribution in [2.45, 2.75) is 32.2 Å². The van der Waals surface area contributed by atoms with Gasteiger partial charge in [-0.1, -0.05) is 34.5 Å². The van der Waals surface area contributed by atoms with Crippen molar-refractivity contribution in [3.63, 3.8) is 0 Å². The number of nitrogens with zero attached hydrogens (tertiary/aromatic N) is 3. The van der Waals surface area contributed by atoms with Crippen molar-refractivity contribution in [2.75, 3.05) is 0 Å². The summed E-state index contributed by atoms with van der Waals surface area (Å²) in [7, 11) is 0. The molecule has 0 N–H and O–H groups in total. The highest BCUT2D eigenvalue weighted by atomic mass is 79.9. The smallest absolute Gasteiger partial charge is 0.163 e. The molecule has 1 aliphatic heterocycles. The van der Waals surface area contributed by atoms with E-state index < -0.39 is 0 Å². The standard InChI is InChI=1S/C13H14BrN3.ClH/c14-11-7-5-10(6-8-11)13-16-15-12-4-2-1-3-9-17(12)13;/h5-8H,1-4,9H2;1H/p-1. The zero-order valence-corrected chi connectivity index (χ0v) is 12.3. The normalized spacial score (nSPS) is 14.5. The predicted octanol–water partition coefficient (Wildman–Crippen LogP) is 0.438. The summed E-state index contributed by atoms with van der Waals surface area (Å²) in [4.78, 5) is 0. The molecular formula is C13H14BrClN3-. The lowest BCUT2D eigenvalue weighted by atomic mass is 10.2. The van der Waals surface area contributed by atoms with Crippen molar-refractivity contribution in [2.24, 2.45) is 0 Å². The molecule has 18 heavy (non-hydrogen) atoms. The molecule has 0 unspecified atom stereocenters. The van der Waals surface area contributed by atoms with Crippen LogP contribution in [0.25, 0.3) is 11.4 Å². The van der Waals surface area contributed by atoms with Crippen LogP contribution in [0.2, 0.25) is 0 Å². The molecule has 0 bridgehead atoms. The molecule has 0 amide bonds. The molecule has 0 fully saturated rings. The van der Waals surface area contributed by atoms with Crippen molar-refractivity contribution in [1.29, 1.82) is 0 Å². The van der Waals surface area contributed by atoms with Crippen LogP contribution in [0.15, 0.2) is 28.7 Å². The Hall–Kier alpha value is -0.870. The maximum Gasteiger partial charge on any atom is 0.163 e. The third-order valence-electron chi connectivity index (χ3n) is 3.21.